The van der Waals surface area contributed by atoms with Crippen LogP contribution in [-0.2, 0) is 0 Å². The van der Waals surface area contributed by atoms with Crippen LogP contribution in [0.5, 0.6) is 0 Å². The molecule has 0 saturated carbocycles. The van der Waals surface area contributed by atoms with Crippen LogP contribution in [0.25, 0.3) is 0 Å². The highest BCUT2D eigenvalue weighted by molar-refractivity contribution is 7.10. The third kappa shape index (κ3) is 0.889. The molecule has 0 radical (unpaired) electrons. The molecular weight excluding hydrogens is 132 g/mol. The quantitative estimate of drug-likeness (QED) is 0.590. The van der Waals surface area contributed by atoms with Gasteiger partial charge in [0.25, 0.3) is 0 Å². The largest absolute Gasteiger partial charge is 0.397 e. The van der Waals surface area contributed by atoms with Crippen LogP contribution < -0.4 is 5.73 Å². The minimum atomic E-state index is 0.597. The Morgan fingerprint density at radius 3 is 2.67 bits per heavy atom. The summed E-state index contributed by atoms with van der Waals surface area (Å²) in [7, 11) is 0. The fourth-order valence-electron chi connectivity index (χ4n) is 0.616. The van der Waals surface area contributed by atoms with Crippen LogP contribution in [0.2, 0.25) is 0 Å². The third-order valence-electron chi connectivity index (χ3n) is 1.12. The summed E-state index contributed by atoms with van der Waals surface area (Å²) in [6.45, 7) is 1.89. The van der Waals surface area contributed by atoms with E-state index in [0.29, 0.717) is 11.3 Å². The second-order valence-corrected chi connectivity index (χ2v) is 2.82. The van der Waals surface area contributed by atoms with Gasteiger partial charge in [-0.1, -0.05) is 0 Å². The number of nitrogens with two attached hydrogens (primary N) is 1. The monoisotopic (exact) mass is 138 g/mol. The molecule has 0 aliphatic heterocycles. The molecule has 0 unspecified atom stereocenters. The molecule has 0 aromatic carbocycles. The van der Waals surface area contributed by atoms with Crippen LogP contribution >= 0.6 is 11.3 Å². The first kappa shape index (κ1) is 6.12. The predicted molar refractivity (Wildman–Crippen MR) is 38.2 cm³/mol. The molecule has 0 atom stereocenters. The maximum atomic E-state index is 8.46. The molecule has 9 heavy (non-hydrogen) atoms. The van der Waals surface area contributed by atoms with E-state index in [-0.39, 0.29) is 0 Å². The maximum Gasteiger partial charge on any atom is 0.102 e. The van der Waals surface area contributed by atoms with Crippen molar-refractivity contribution in [2.75, 3.05) is 5.73 Å². The summed E-state index contributed by atoms with van der Waals surface area (Å²) in [5, 5.41) is 10.3. The molecule has 2 nitrogen and oxygen atoms in total. The highest BCUT2D eigenvalue weighted by Crippen LogP contribution is 2.21. The molecule has 0 aliphatic carbocycles. The van der Waals surface area contributed by atoms with Gasteiger partial charge in [-0.05, 0) is 6.92 Å². The lowest BCUT2D eigenvalue weighted by atomic mass is 10.3. The molecule has 0 aliphatic rings. The third-order valence-corrected chi connectivity index (χ3v) is 2.04. The number of hydrogen-bond acceptors (Lipinski definition) is 3. The number of thiophene rings is 1. The van der Waals surface area contributed by atoms with Crippen LogP contribution in [0.3, 0.4) is 0 Å². The van der Waals surface area contributed by atoms with Crippen molar-refractivity contribution in [1.82, 2.24) is 0 Å². The second-order valence-electron chi connectivity index (χ2n) is 1.73. The van der Waals surface area contributed by atoms with Crippen LogP contribution in [-0.4, -0.2) is 0 Å². The highest BCUT2D eigenvalue weighted by Gasteiger charge is 2.01. The summed E-state index contributed by atoms with van der Waals surface area (Å²) in [5.41, 5.74) is 6.66. The lowest BCUT2D eigenvalue weighted by Crippen LogP contribution is -1.84. The van der Waals surface area contributed by atoms with Gasteiger partial charge in [0.15, 0.2) is 0 Å². The average Bonchev–Trinajstić information content (AvgIpc) is 2.12. The Morgan fingerprint density at radius 1 is 1.78 bits per heavy atom. The van der Waals surface area contributed by atoms with E-state index in [9.17, 15) is 0 Å². The van der Waals surface area contributed by atoms with Crippen LogP contribution in [0.15, 0.2) is 5.38 Å². The Balaban J connectivity index is 3.27. The van der Waals surface area contributed by atoms with E-state index in [1.165, 1.54) is 11.3 Å². The predicted octanol–water partition coefficient (Wildman–Crippen LogP) is 1.51. The number of anilines is 1. The lowest BCUT2D eigenvalue weighted by molar-refractivity contribution is 1.47. The summed E-state index contributed by atoms with van der Waals surface area (Å²) in [6, 6.07) is 2.03. The summed E-state index contributed by atoms with van der Waals surface area (Å²) in [6.07, 6.45) is 0. The molecule has 1 rings (SSSR count). The fourth-order valence-corrected chi connectivity index (χ4v) is 1.32. The molecule has 2 N–H and O–H groups in total. The van der Waals surface area contributed by atoms with Gasteiger partial charge in [0.1, 0.15) is 6.07 Å². The normalized spacial score (nSPS) is 8.89. The van der Waals surface area contributed by atoms with Crippen molar-refractivity contribution < 1.29 is 0 Å². The molecule has 3 heteroatoms. The van der Waals surface area contributed by atoms with Gasteiger partial charge >= 0.3 is 0 Å². The SMILES string of the molecule is Cc1scc(N)c1C#N. The van der Waals surface area contributed by atoms with Gasteiger partial charge < -0.3 is 5.73 Å². The van der Waals surface area contributed by atoms with Gasteiger partial charge in [-0.3, -0.25) is 0 Å². The van der Waals surface area contributed by atoms with E-state index in [1.54, 1.807) is 5.38 Å². The Morgan fingerprint density at radius 2 is 2.44 bits per heavy atom. The summed E-state index contributed by atoms with van der Waals surface area (Å²) >= 11 is 1.51. The number of nitriles is 1. The molecular formula is C6H6N2S. The zero-order valence-electron chi connectivity index (χ0n) is 5.01. The Labute approximate surface area is 57.5 Å². The van der Waals surface area contributed by atoms with Gasteiger partial charge in [0.05, 0.1) is 11.3 Å². The van der Waals surface area contributed by atoms with Gasteiger partial charge in [0.2, 0.25) is 0 Å². The van der Waals surface area contributed by atoms with E-state index in [2.05, 4.69) is 0 Å². The van der Waals surface area contributed by atoms with Crippen molar-refractivity contribution in [3.05, 3.63) is 15.8 Å². The number of aryl methyl sites for hydroxylation is 1. The first-order chi connectivity index (χ1) is 4.25. The minimum Gasteiger partial charge on any atom is -0.397 e. The summed E-state index contributed by atoms with van der Waals surface area (Å²) in [5.74, 6) is 0. The van der Waals surface area contributed by atoms with Crippen molar-refractivity contribution in [3.63, 3.8) is 0 Å². The van der Waals surface area contributed by atoms with Crippen molar-refractivity contribution >= 4 is 17.0 Å². The van der Waals surface area contributed by atoms with Gasteiger partial charge in [-0.15, -0.1) is 11.3 Å². The van der Waals surface area contributed by atoms with E-state index in [4.69, 9.17) is 11.0 Å². The maximum absolute atomic E-state index is 8.46. The number of nitrogens with zero attached hydrogens (tertiary/aromatic N) is 1. The molecule has 1 aromatic heterocycles. The number of rotatable bonds is 0. The number of nitrogen functional groups attached to an aromatic ring is 1. The van der Waals surface area contributed by atoms with Crippen LogP contribution in [0, 0.1) is 18.3 Å². The molecule has 0 fully saturated rings. The van der Waals surface area contributed by atoms with Crippen molar-refractivity contribution in [1.29, 1.82) is 5.26 Å². The Kier molecular flexibility index (Phi) is 1.41. The Hall–Kier alpha value is -1.01. The molecule has 1 aromatic rings. The van der Waals surface area contributed by atoms with E-state index in [1.807, 2.05) is 13.0 Å². The molecule has 46 valence electrons. The zero-order chi connectivity index (χ0) is 6.85. The number of hydrogen-bond donors (Lipinski definition) is 1. The first-order valence-corrected chi connectivity index (χ1v) is 3.37. The van der Waals surface area contributed by atoms with Gasteiger partial charge in [0, 0.05) is 10.3 Å². The van der Waals surface area contributed by atoms with Crippen molar-refractivity contribution in [2.45, 2.75) is 6.92 Å². The molecule has 0 bridgehead atoms. The molecule has 0 saturated heterocycles. The van der Waals surface area contributed by atoms with Crippen molar-refractivity contribution in [2.24, 2.45) is 0 Å². The van der Waals surface area contributed by atoms with Gasteiger partial charge in [-0.25, -0.2) is 0 Å². The lowest BCUT2D eigenvalue weighted by Gasteiger charge is -1.83. The topological polar surface area (TPSA) is 49.8 Å². The minimum absolute atomic E-state index is 0.597. The van der Waals surface area contributed by atoms with Crippen LogP contribution in [0.4, 0.5) is 5.69 Å². The highest BCUT2D eigenvalue weighted by atomic mass is 32.1. The first-order valence-electron chi connectivity index (χ1n) is 2.49. The second kappa shape index (κ2) is 2.08. The van der Waals surface area contributed by atoms with Crippen LogP contribution in [0.1, 0.15) is 10.4 Å². The molecule has 1 heterocycles. The average molecular weight is 138 g/mol. The van der Waals surface area contributed by atoms with Crippen molar-refractivity contribution in [3.8, 4) is 6.07 Å². The van der Waals surface area contributed by atoms with Gasteiger partial charge in [-0.2, -0.15) is 5.26 Å². The smallest absolute Gasteiger partial charge is 0.102 e. The van der Waals surface area contributed by atoms with E-state index < -0.39 is 0 Å². The zero-order valence-corrected chi connectivity index (χ0v) is 5.83. The summed E-state index contributed by atoms with van der Waals surface area (Å²) in [4.78, 5) is 0.995. The molecule has 0 amide bonds. The summed E-state index contributed by atoms with van der Waals surface area (Å²) < 4.78 is 0. The van der Waals surface area contributed by atoms with E-state index >= 15 is 0 Å². The molecule has 0 spiro atoms. The fraction of sp³-hybridized carbons (Fsp3) is 0.167. The van der Waals surface area contributed by atoms with E-state index in [0.717, 1.165) is 4.88 Å². The Bertz CT molecular complexity index is 237. The standard InChI is InChI=1S/C6H6N2S/c1-4-5(2-7)6(8)3-9-4/h3H,8H2,1H3.